The summed E-state index contributed by atoms with van der Waals surface area (Å²) in [5.74, 6) is 1.83. The minimum atomic E-state index is 0.327. The molecule has 0 saturated carbocycles. The largest absolute Gasteiger partial charge is 0.449 e. The number of nitrogens with one attached hydrogen (secondary N) is 1. The Morgan fingerprint density at radius 2 is 2.40 bits per heavy atom. The number of hydrogen-bond acceptors (Lipinski definition) is 4. The molecule has 15 heavy (non-hydrogen) atoms. The van der Waals surface area contributed by atoms with Crippen LogP contribution >= 0.6 is 0 Å². The maximum Gasteiger partial charge on any atom is 0.203 e. The van der Waals surface area contributed by atoms with Gasteiger partial charge in [0.05, 0.1) is 6.54 Å². The summed E-state index contributed by atoms with van der Waals surface area (Å²) < 4.78 is 6.92. The van der Waals surface area contributed by atoms with E-state index >= 15 is 0 Å². The van der Waals surface area contributed by atoms with Crippen LogP contribution in [0.3, 0.4) is 0 Å². The fourth-order valence-electron chi connectivity index (χ4n) is 1.22. The Kier molecular flexibility index (Phi) is 2.42. The molecule has 0 spiro atoms. The van der Waals surface area contributed by atoms with Crippen LogP contribution in [0.1, 0.15) is 11.5 Å². The lowest BCUT2D eigenvalue weighted by molar-refractivity contribution is 0.505. The summed E-state index contributed by atoms with van der Waals surface area (Å²) in [6, 6.07) is 7.23. The molecule has 5 nitrogen and oxygen atoms in total. The predicted octanol–water partition coefficient (Wildman–Crippen LogP) is 1.50. The first-order valence-electron chi connectivity index (χ1n) is 4.50. The Hall–Kier alpha value is -2.22. The smallest absolute Gasteiger partial charge is 0.203 e. The SMILES string of the molecule is Cn1ccc(NCc2ccc(C#N)o2)n1. The second-order valence-corrected chi connectivity index (χ2v) is 3.11. The molecule has 2 rings (SSSR count). The lowest BCUT2D eigenvalue weighted by Crippen LogP contribution is -1.99. The third-order valence-electron chi connectivity index (χ3n) is 1.93. The van der Waals surface area contributed by atoms with Crippen LogP contribution in [0.4, 0.5) is 5.82 Å². The summed E-state index contributed by atoms with van der Waals surface area (Å²) in [6.45, 7) is 0.526. The molecular formula is C10H10N4O. The number of hydrogen-bond donors (Lipinski definition) is 1. The highest BCUT2D eigenvalue weighted by atomic mass is 16.3. The van der Waals surface area contributed by atoms with Crippen LogP contribution in [0.25, 0.3) is 0 Å². The maximum atomic E-state index is 8.56. The van der Waals surface area contributed by atoms with Gasteiger partial charge >= 0.3 is 0 Å². The lowest BCUT2D eigenvalue weighted by atomic mass is 10.4. The van der Waals surface area contributed by atoms with E-state index in [1.165, 1.54) is 0 Å². The maximum absolute atomic E-state index is 8.56. The minimum Gasteiger partial charge on any atom is -0.449 e. The van der Waals surface area contributed by atoms with Crippen molar-refractivity contribution in [2.24, 2.45) is 7.05 Å². The fourth-order valence-corrected chi connectivity index (χ4v) is 1.22. The van der Waals surface area contributed by atoms with Crippen molar-refractivity contribution in [2.75, 3.05) is 5.32 Å². The Morgan fingerprint density at radius 3 is 3.00 bits per heavy atom. The second kappa shape index (κ2) is 3.88. The molecule has 2 aromatic heterocycles. The molecule has 0 amide bonds. The van der Waals surface area contributed by atoms with Crippen LogP contribution in [-0.2, 0) is 13.6 Å². The molecule has 5 heteroatoms. The number of aromatic nitrogens is 2. The quantitative estimate of drug-likeness (QED) is 0.818. The monoisotopic (exact) mass is 202 g/mol. The number of nitriles is 1. The first kappa shape index (κ1) is 9.34. The lowest BCUT2D eigenvalue weighted by Gasteiger charge is -1.98. The molecule has 0 radical (unpaired) electrons. The van der Waals surface area contributed by atoms with E-state index in [1.54, 1.807) is 16.8 Å². The summed E-state index contributed by atoms with van der Waals surface area (Å²) in [5, 5.41) is 15.8. The number of anilines is 1. The van der Waals surface area contributed by atoms with Gasteiger partial charge in [-0.3, -0.25) is 4.68 Å². The van der Waals surface area contributed by atoms with Gasteiger partial charge in [-0.1, -0.05) is 0 Å². The zero-order chi connectivity index (χ0) is 10.7. The molecule has 0 bridgehead atoms. The van der Waals surface area contributed by atoms with Gasteiger partial charge in [0.15, 0.2) is 0 Å². The van der Waals surface area contributed by atoms with Crippen molar-refractivity contribution >= 4 is 5.82 Å². The number of nitrogens with zero attached hydrogens (tertiary/aromatic N) is 3. The average molecular weight is 202 g/mol. The van der Waals surface area contributed by atoms with Crippen molar-refractivity contribution in [2.45, 2.75) is 6.54 Å². The van der Waals surface area contributed by atoms with Crippen LogP contribution < -0.4 is 5.32 Å². The molecule has 76 valence electrons. The van der Waals surface area contributed by atoms with Crippen molar-refractivity contribution in [3.63, 3.8) is 0 Å². The van der Waals surface area contributed by atoms with Gasteiger partial charge in [0.25, 0.3) is 0 Å². The summed E-state index contributed by atoms with van der Waals surface area (Å²) in [7, 11) is 1.85. The third kappa shape index (κ3) is 2.17. The Balaban J connectivity index is 1.96. The Bertz CT molecular complexity index is 491. The highest BCUT2D eigenvalue weighted by molar-refractivity contribution is 5.33. The van der Waals surface area contributed by atoms with Crippen LogP contribution in [0, 0.1) is 11.3 Å². The first-order valence-corrected chi connectivity index (χ1v) is 4.50. The minimum absolute atomic E-state index is 0.327. The van der Waals surface area contributed by atoms with E-state index in [1.807, 2.05) is 25.4 Å². The van der Waals surface area contributed by atoms with E-state index in [9.17, 15) is 0 Å². The van der Waals surface area contributed by atoms with Crippen LogP contribution in [0.2, 0.25) is 0 Å². The molecule has 0 aliphatic carbocycles. The average Bonchev–Trinajstić information content (AvgIpc) is 2.83. The van der Waals surface area contributed by atoms with E-state index in [0.717, 1.165) is 11.6 Å². The van der Waals surface area contributed by atoms with Crippen molar-refractivity contribution in [1.29, 1.82) is 5.26 Å². The van der Waals surface area contributed by atoms with Gasteiger partial charge in [0.1, 0.15) is 17.6 Å². The first-order chi connectivity index (χ1) is 7.28. The summed E-state index contributed by atoms with van der Waals surface area (Å²) in [6.07, 6.45) is 1.85. The highest BCUT2D eigenvalue weighted by Gasteiger charge is 2.01. The van der Waals surface area contributed by atoms with Crippen molar-refractivity contribution < 1.29 is 4.42 Å². The van der Waals surface area contributed by atoms with E-state index in [4.69, 9.17) is 9.68 Å². The Labute approximate surface area is 86.9 Å². The number of furan rings is 1. The fraction of sp³-hybridized carbons (Fsp3) is 0.200. The molecule has 0 unspecified atom stereocenters. The molecule has 0 aliphatic rings. The van der Waals surface area contributed by atoms with Crippen LogP contribution in [0.15, 0.2) is 28.8 Å². The molecule has 1 N–H and O–H groups in total. The topological polar surface area (TPSA) is 66.8 Å². The van der Waals surface area contributed by atoms with Gasteiger partial charge in [-0.25, -0.2) is 0 Å². The van der Waals surface area contributed by atoms with E-state index in [-0.39, 0.29) is 0 Å². The van der Waals surface area contributed by atoms with Crippen LogP contribution in [0.5, 0.6) is 0 Å². The highest BCUT2D eigenvalue weighted by Crippen LogP contribution is 2.09. The normalized spacial score (nSPS) is 9.87. The van der Waals surface area contributed by atoms with Crippen molar-refractivity contribution in [3.05, 3.63) is 35.9 Å². The summed E-state index contributed by atoms with van der Waals surface area (Å²) in [5.41, 5.74) is 0. The van der Waals surface area contributed by atoms with Gasteiger partial charge in [0, 0.05) is 19.3 Å². The molecule has 0 fully saturated rings. The predicted molar refractivity (Wildman–Crippen MR) is 54.0 cm³/mol. The van der Waals surface area contributed by atoms with E-state index < -0.39 is 0 Å². The van der Waals surface area contributed by atoms with Gasteiger partial charge in [0.2, 0.25) is 5.76 Å². The van der Waals surface area contributed by atoms with Gasteiger partial charge in [-0.05, 0) is 12.1 Å². The van der Waals surface area contributed by atoms with Crippen LogP contribution in [-0.4, -0.2) is 9.78 Å². The van der Waals surface area contributed by atoms with E-state index in [0.29, 0.717) is 12.3 Å². The summed E-state index contributed by atoms with van der Waals surface area (Å²) in [4.78, 5) is 0. The molecular weight excluding hydrogens is 192 g/mol. The van der Waals surface area contributed by atoms with Crippen molar-refractivity contribution in [3.8, 4) is 6.07 Å². The Morgan fingerprint density at radius 1 is 1.53 bits per heavy atom. The van der Waals surface area contributed by atoms with Crippen molar-refractivity contribution in [1.82, 2.24) is 9.78 Å². The zero-order valence-electron chi connectivity index (χ0n) is 8.27. The molecule has 2 aromatic rings. The number of aryl methyl sites for hydroxylation is 1. The zero-order valence-corrected chi connectivity index (χ0v) is 8.27. The van der Waals surface area contributed by atoms with Gasteiger partial charge in [-0.15, -0.1) is 0 Å². The van der Waals surface area contributed by atoms with Gasteiger partial charge < -0.3 is 9.73 Å². The van der Waals surface area contributed by atoms with Gasteiger partial charge in [-0.2, -0.15) is 10.4 Å². The molecule has 0 aromatic carbocycles. The molecule has 0 atom stereocenters. The summed E-state index contributed by atoms with van der Waals surface area (Å²) >= 11 is 0. The standard InChI is InChI=1S/C10H10N4O/c1-14-5-4-10(13-14)12-7-9-3-2-8(6-11)15-9/h2-5H,7H2,1H3,(H,12,13). The number of rotatable bonds is 3. The third-order valence-corrected chi connectivity index (χ3v) is 1.93. The van der Waals surface area contributed by atoms with E-state index in [2.05, 4.69) is 10.4 Å². The molecule has 0 aliphatic heterocycles. The second-order valence-electron chi connectivity index (χ2n) is 3.11. The molecule has 2 heterocycles. The molecule has 0 saturated heterocycles.